The van der Waals surface area contributed by atoms with Crippen LogP contribution in [0.4, 0.5) is 10.8 Å². The maximum Gasteiger partial charge on any atom is 0.269 e. The summed E-state index contributed by atoms with van der Waals surface area (Å²) in [5.41, 5.74) is 8.13. The Bertz CT molecular complexity index is 797. The van der Waals surface area contributed by atoms with Crippen LogP contribution in [0.3, 0.4) is 0 Å². The van der Waals surface area contributed by atoms with Crippen molar-refractivity contribution in [2.24, 2.45) is 0 Å². The van der Waals surface area contributed by atoms with E-state index in [-0.39, 0.29) is 5.91 Å². The highest BCUT2D eigenvalue weighted by Gasteiger charge is 2.14. The maximum absolute atomic E-state index is 12.1. The van der Waals surface area contributed by atoms with Gasteiger partial charge in [-0.25, -0.2) is 4.98 Å². The fourth-order valence-corrected chi connectivity index (χ4v) is 3.52. The van der Waals surface area contributed by atoms with Crippen LogP contribution >= 0.6 is 34.3 Å². The fraction of sp³-hybridized carbons (Fsp3) is 0. The number of amides is 1. The summed E-state index contributed by atoms with van der Waals surface area (Å²) in [6.07, 6.45) is 0. The van der Waals surface area contributed by atoms with Gasteiger partial charge in [0.2, 0.25) is 0 Å². The number of carbonyl (C=O) groups excluding carboxylic acids is 1. The van der Waals surface area contributed by atoms with Crippen LogP contribution in [0, 0.1) is 0 Å². The van der Waals surface area contributed by atoms with E-state index < -0.39 is 0 Å². The maximum atomic E-state index is 12.1. The molecule has 0 atom stereocenters. The molecule has 21 heavy (non-hydrogen) atoms. The molecule has 0 fully saturated rings. The van der Waals surface area contributed by atoms with Crippen LogP contribution < -0.4 is 11.1 Å². The summed E-state index contributed by atoms with van der Waals surface area (Å²) in [6.45, 7) is 0. The molecule has 0 aliphatic carbocycles. The number of hydrogen-bond acceptors (Lipinski definition) is 5. The first kappa shape index (κ1) is 14.1. The number of halogens is 1. The first-order chi connectivity index (χ1) is 10.1. The van der Waals surface area contributed by atoms with Crippen LogP contribution in [-0.4, -0.2) is 10.9 Å². The molecular formula is C14H10ClN3OS2. The van der Waals surface area contributed by atoms with E-state index in [1.54, 1.807) is 11.4 Å². The lowest BCUT2D eigenvalue weighted by Gasteiger charge is -2.00. The van der Waals surface area contributed by atoms with E-state index in [0.717, 1.165) is 11.3 Å². The molecule has 2 aromatic heterocycles. The zero-order valence-corrected chi connectivity index (χ0v) is 13.1. The fourth-order valence-electron chi connectivity index (χ4n) is 1.77. The van der Waals surface area contributed by atoms with E-state index in [0.29, 0.717) is 20.7 Å². The van der Waals surface area contributed by atoms with Crippen molar-refractivity contribution in [1.29, 1.82) is 0 Å². The van der Waals surface area contributed by atoms with Gasteiger partial charge in [-0.2, -0.15) is 0 Å². The van der Waals surface area contributed by atoms with Gasteiger partial charge in [0.05, 0.1) is 10.7 Å². The van der Waals surface area contributed by atoms with Crippen molar-refractivity contribution in [2.75, 3.05) is 11.1 Å². The van der Waals surface area contributed by atoms with Crippen LogP contribution in [0.2, 0.25) is 5.02 Å². The van der Waals surface area contributed by atoms with E-state index >= 15 is 0 Å². The van der Waals surface area contributed by atoms with Crippen molar-refractivity contribution in [2.45, 2.75) is 0 Å². The SMILES string of the molecule is Nc1cccc(-c2csc(NC(=O)c3sccc3Cl)n2)c1. The van der Waals surface area contributed by atoms with Crippen LogP contribution in [0.15, 0.2) is 41.1 Å². The smallest absolute Gasteiger partial charge is 0.269 e. The summed E-state index contributed by atoms with van der Waals surface area (Å²) in [4.78, 5) is 16.9. The molecule has 4 nitrogen and oxygen atoms in total. The molecule has 7 heteroatoms. The summed E-state index contributed by atoms with van der Waals surface area (Å²) in [7, 11) is 0. The Hall–Kier alpha value is -1.89. The minimum Gasteiger partial charge on any atom is -0.399 e. The third-order valence-corrected chi connectivity index (χ3v) is 4.83. The van der Waals surface area contributed by atoms with Gasteiger partial charge >= 0.3 is 0 Å². The predicted octanol–water partition coefficient (Wildman–Crippen LogP) is 4.36. The van der Waals surface area contributed by atoms with Crippen molar-refractivity contribution in [3.63, 3.8) is 0 Å². The average Bonchev–Trinajstić information content (AvgIpc) is 3.08. The van der Waals surface area contributed by atoms with Crippen molar-refractivity contribution in [3.05, 3.63) is 51.0 Å². The van der Waals surface area contributed by atoms with Gasteiger partial charge in [0.15, 0.2) is 5.13 Å². The van der Waals surface area contributed by atoms with Gasteiger partial charge in [0.1, 0.15) is 4.88 Å². The predicted molar refractivity (Wildman–Crippen MR) is 89.2 cm³/mol. The number of nitrogens with one attached hydrogen (secondary N) is 1. The molecule has 3 N–H and O–H groups in total. The number of nitrogens with zero attached hydrogens (tertiary/aromatic N) is 1. The van der Waals surface area contributed by atoms with E-state index in [9.17, 15) is 4.79 Å². The van der Waals surface area contributed by atoms with Crippen molar-refractivity contribution in [3.8, 4) is 11.3 Å². The van der Waals surface area contributed by atoms with Crippen LogP contribution in [0.1, 0.15) is 9.67 Å². The number of thiazole rings is 1. The first-order valence-corrected chi connectivity index (χ1v) is 8.13. The van der Waals surface area contributed by atoms with Gasteiger partial charge in [-0.1, -0.05) is 23.7 Å². The highest BCUT2D eigenvalue weighted by Crippen LogP contribution is 2.28. The molecule has 1 amide bonds. The highest BCUT2D eigenvalue weighted by atomic mass is 35.5. The second kappa shape index (κ2) is 5.85. The quantitative estimate of drug-likeness (QED) is 0.699. The molecule has 0 radical (unpaired) electrons. The molecule has 0 aliphatic heterocycles. The summed E-state index contributed by atoms with van der Waals surface area (Å²) in [5.74, 6) is -0.247. The second-order valence-electron chi connectivity index (χ2n) is 4.22. The number of anilines is 2. The Morgan fingerprint density at radius 3 is 2.86 bits per heavy atom. The van der Waals surface area contributed by atoms with Gasteiger partial charge in [-0.3, -0.25) is 10.1 Å². The van der Waals surface area contributed by atoms with Gasteiger partial charge in [0, 0.05) is 16.6 Å². The van der Waals surface area contributed by atoms with E-state index in [4.69, 9.17) is 17.3 Å². The zero-order chi connectivity index (χ0) is 14.8. The first-order valence-electron chi connectivity index (χ1n) is 5.99. The molecule has 2 heterocycles. The number of nitrogens with two attached hydrogens (primary N) is 1. The number of rotatable bonds is 3. The Labute approximate surface area is 134 Å². The highest BCUT2D eigenvalue weighted by molar-refractivity contribution is 7.15. The molecule has 0 unspecified atom stereocenters. The minimum absolute atomic E-state index is 0.247. The lowest BCUT2D eigenvalue weighted by atomic mass is 10.1. The standard InChI is InChI=1S/C14H10ClN3OS2/c15-10-4-5-20-12(10)13(19)18-14-17-11(7-21-14)8-2-1-3-9(16)6-8/h1-7H,16H2,(H,17,18,19). The number of benzene rings is 1. The van der Waals surface area contributed by atoms with Gasteiger partial charge in [0.25, 0.3) is 5.91 Å². The average molecular weight is 336 g/mol. The molecule has 0 spiro atoms. The number of hydrogen-bond donors (Lipinski definition) is 2. The van der Waals surface area contributed by atoms with Crippen molar-refractivity contribution >= 4 is 51.0 Å². The monoisotopic (exact) mass is 335 g/mol. The van der Waals surface area contributed by atoms with E-state index in [1.165, 1.54) is 22.7 Å². The number of thiophene rings is 1. The Kier molecular flexibility index (Phi) is 3.92. The molecular weight excluding hydrogens is 326 g/mol. The Morgan fingerprint density at radius 2 is 2.14 bits per heavy atom. The summed E-state index contributed by atoms with van der Waals surface area (Å²) in [5, 5.41) is 7.38. The van der Waals surface area contributed by atoms with Crippen molar-refractivity contribution < 1.29 is 4.79 Å². The van der Waals surface area contributed by atoms with Crippen LogP contribution in [-0.2, 0) is 0 Å². The van der Waals surface area contributed by atoms with E-state index in [2.05, 4.69) is 10.3 Å². The third-order valence-electron chi connectivity index (χ3n) is 2.73. The lowest BCUT2D eigenvalue weighted by molar-refractivity contribution is 0.103. The summed E-state index contributed by atoms with van der Waals surface area (Å²) >= 11 is 8.60. The van der Waals surface area contributed by atoms with Gasteiger partial charge in [-0.15, -0.1) is 22.7 Å². The van der Waals surface area contributed by atoms with Crippen LogP contribution in [0.5, 0.6) is 0 Å². The Balaban J connectivity index is 1.80. The second-order valence-corrected chi connectivity index (χ2v) is 6.40. The molecule has 1 aromatic carbocycles. The molecule has 0 saturated carbocycles. The van der Waals surface area contributed by atoms with Crippen molar-refractivity contribution in [1.82, 2.24) is 4.98 Å². The number of nitrogen functional groups attached to an aromatic ring is 1. The molecule has 0 bridgehead atoms. The molecule has 0 aliphatic rings. The molecule has 106 valence electrons. The number of carbonyl (C=O) groups is 1. The topological polar surface area (TPSA) is 68.0 Å². The van der Waals surface area contributed by atoms with E-state index in [1.807, 2.05) is 29.6 Å². The normalized spacial score (nSPS) is 10.5. The minimum atomic E-state index is -0.247. The number of aromatic nitrogens is 1. The van der Waals surface area contributed by atoms with Gasteiger partial charge in [-0.05, 0) is 23.6 Å². The molecule has 0 saturated heterocycles. The zero-order valence-electron chi connectivity index (χ0n) is 10.7. The van der Waals surface area contributed by atoms with Crippen LogP contribution in [0.25, 0.3) is 11.3 Å². The summed E-state index contributed by atoms with van der Waals surface area (Å²) in [6, 6.07) is 9.15. The largest absolute Gasteiger partial charge is 0.399 e. The third kappa shape index (κ3) is 3.07. The summed E-state index contributed by atoms with van der Waals surface area (Å²) < 4.78 is 0. The Morgan fingerprint density at radius 1 is 1.29 bits per heavy atom. The molecule has 3 aromatic rings. The molecule has 3 rings (SSSR count). The lowest BCUT2D eigenvalue weighted by Crippen LogP contribution is -2.10. The van der Waals surface area contributed by atoms with Gasteiger partial charge < -0.3 is 5.73 Å².